The average Bonchev–Trinajstić information content (AvgIpc) is 3.11. The molecular formula is C15H17FN8. The van der Waals surface area contributed by atoms with E-state index < -0.39 is 11.4 Å². The summed E-state index contributed by atoms with van der Waals surface area (Å²) in [5.74, 6) is 0.260. The quantitative estimate of drug-likeness (QED) is 0.679. The first-order valence-corrected chi connectivity index (χ1v) is 7.33. The van der Waals surface area contributed by atoms with Gasteiger partial charge in [0.25, 0.3) is 0 Å². The number of nitrogens with zero attached hydrogens (tertiary/aromatic N) is 5. The molecule has 0 aliphatic heterocycles. The molecule has 0 aliphatic carbocycles. The van der Waals surface area contributed by atoms with Gasteiger partial charge in [0.05, 0.1) is 29.0 Å². The fourth-order valence-electron chi connectivity index (χ4n) is 2.27. The van der Waals surface area contributed by atoms with Crippen molar-refractivity contribution in [3.8, 4) is 6.07 Å². The minimum atomic E-state index is -0.770. The van der Waals surface area contributed by atoms with E-state index in [9.17, 15) is 9.65 Å². The molecule has 3 N–H and O–H groups in total. The second kappa shape index (κ2) is 5.49. The van der Waals surface area contributed by atoms with E-state index in [2.05, 4.69) is 36.8 Å². The summed E-state index contributed by atoms with van der Waals surface area (Å²) in [6, 6.07) is 2.19. The second-order valence-electron chi connectivity index (χ2n) is 5.87. The number of nitriles is 1. The molecule has 0 aromatic carbocycles. The molecule has 0 atom stereocenters. The number of nitrogens with one attached hydrogen (secondary N) is 3. The molecule has 0 aliphatic rings. The second-order valence-corrected chi connectivity index (χ2v) is 5.87. The molecule has 0 fully saturated rings. The van der Waals surface area contributed by atoms with Gasteiger partial charge in [-0.1, -0.05) is 0 Å². The van der Waals surface area contributed by atoms with Crippen LogP contribution in [0.1, 0.15) is 19.5 Å². The van der Waals surface area contributed by atoms with Crippen LogP contribution in [0.2, 0.25) is 0 Å². The molecule has 3 aromatic heterocycles. The monoisotopic (exact) mass is 328 g/mol. The molecule has 124 valence electrons. The summed E-state index contributed by atoms with van der Waals surface area (Å²) in [5.41, 5.74) is 0.989. The molecule has 9 heteroatoms. The van der Waals surface area contributed by atoms with Gasteiger partial charge in [-0.2, -0.15) is 20.3 Å². The fraction of sp³-hybridized carbons (Fsp3) is 0.333. The van der Waals surface area contributed by atoms with Crippen LogP contribution in [0.5, 0.6) is 0 Å². The summed E-state index contributed by atoms with van der Waals surface area (Å²) in [4.78, 5) is 11.3. The van der Waals surface area contributed by atoms with Crippen LogP contribution in [0.3, 0.4) is 0 Å². The van der Waals surface area contributed by atoms with E-state index in [4.69, 9.17) is 0 Å². The highest BCUT2D eigenvalue weighted by atomic mass is 19.1. The van der Waals surface area contributed by atoms with Crippen LogP contribution in [0.4, 0.5) is 21.8 Å². The van der Waals surface area contributed by atoms with Crippen LogP contribution in [0.15, 0.2) is 12.4 Å². The maximum atomic E-state index is 13.8. The third-order valence-corrected chi connectivity index (χ3v) is 3.71. The van der Waals surface area contributed by atoms with Crippen molar-refractivity contribution in [2.75, 3.05) is 17.7 Å². The zero-order chi connectivity index (χ0) is 17.5. The van der Waals surface area contributed by atoms with Crippen molar-refractivity contribution >= 4 is 28.5 Å². The third-order valence-electron chi connectivity index (χ3n) is 3.71. The maximum Gasteiger partial charge on any atom is 0.231 e. The first-order valence-electron chi connectivity index (χ1n) is 7.33. The number of hydrogen-bond donors (Lipinski definition) is 3. The van der Waals surface area contributed by atoms with Crippen LogP contribution in [0, 0.1) is 24.1 Å². The molecule has 3 rings (SSSR count). The Bertz CT molecular complexity index is 946. The van der Waals surface area contributed by atoms with E-state index in [0.29, 0.717) is 34.2 Å². The van der Waals surface area contributed by atoms with Crippen LogP contribution in [-0.2, 0) is 5.54 Å². The predicted molar refractivity (Wildman–Crippen MR) is 88.6 cm³/mol. The molecule has 24 heavy (non-hydrogen) atoms. The number of hydrogen-bond acceptors (Lipinski definition) is 6. The molecule has 0 spiro atoms. The maximum absolute atomic E-state index is 13.8. The normalized spacial score (nSPS) is 11.5. The number of fused-ring (bicyclic) bond motifs is 1. The molecule has 0 bridgehead atoms. The summed E-state index contributed by atoms with van der Waals surface area (Å²) < 4.78 is 15.4. The Hall–Kier alpha value is -3.15. The molecule has 0 saturated heterocycles. The first kappa shape index (κ1) is 15.7. The van der Waals surface area contributed by atoms with E-state index in [1.54, 1.807) is 31.8 Å². The number of aryl methyl sites for hydroxylation is 1. The average molecular weight is 328 g/mol. The van der Waals surface area contributed by atoms with Crippen LogP contribution in [-0.4, -0.2) is 31.8 Å². The van der Waals surface area contributed by atoms with E-state index in [-0.39, 0.29) is 0 Å². The van der Waals surface area contributed by atoms with Gasteiger partial charge in [-0.25, -0.2) is 4.39 Å². The number of halogens is 1. The van der Waals surface area contributed by atoms with Crippen LogP contribution >= 0.6 is 0 Å². The topological polar surface area (TPSA) is 107 Å². The van der Waals surface area contributed by atoms with E-state index in [1.165, 1.54) is 6.20 Å². The van der Waals surface area contributed by atoms with Crippen molar-refractivity contribution in [1.29, 1.82) is 5.26 Å². The summed E-state index contributed by atoms with van der Waals surface area (Å²) in [5, 5.41) is 19.8. The number of anilines is 3. The van der Waals surface area contributed by atoms with Gasteiger partial charge in [0.2, 0.25) is 5.95 Å². The summed E-state index contributed by atoms with van der Waals surface area (Å²) >= 11 is 0. The lowest BCUT2D eigenvalue weighted by Gasteiger charge is -2.15. The smallest absolute Gasteiger partial charge is 0.231 e. The SMILES string of the molecule is CNc1nc(Nc2cn(C(C)(C)C#N)nc2C)nc2[nH]cc(F)c12. The Kier molecular flexibility index (Phi) is 3.60. The van der Waals surface area contributed by atoms with Crippen molar-refractivity contribution in [3.63, 3.8) is 0 Å². The Morgan fingerprint density at radius 3 is 2.79 bits per heavy atom. The zero-order valence-electron chi connectivity index (χ0n) is 13.8. The molecule has 3 aromatic rings. The summed E-state index contributed by atoms with van der Waals surface area (Å²) in [6.07, 6.45) is 2.96. The lowest BCUT2D eigenvalue weighted by Crippen LogP contribution is -2.24. The highest BCUT2D eigenvalue weighted by Gasteiger charge is 2.22. The lowest BCUT2D eigenvalue weighted by atomic mass is 10.1. The number of aromatic nitrogens is 5. The zero-order valence-corrected chi connectivity index (χ0v) is 13.8. The van der Waals surface area contributed by atoms with Crippen molar-refractivity contribution in [3.05, 3.63) is 23.9 Å². The van der Waals surface area contributed by atoms with Crippen LogP contribution in [0.25, 0.3) is 11.0 Å². The standard InChI is InChI=1S/C15H17FN8/c1-8-10(6-24(23-8)15(2,3)7-17)20-14-21-12(18-4)11-9(16)5-19-13(11)22-14/h5-6H,1-4H3,(H3,18,19,20,21,22). The molecule has 3 heterocycles. The van der Waals surface area contributed by atoms with Gasteiger partial charge < -0.3 is 15.6 Å². The van der Waals surface area contributed by atoms with Gasteiger partial charge in [0.15, 0.2) is 5.82 Å². The molecule has 8 nitrogen and oxygen atoms in total. The van der Waals surface area contributed by atoms with Gasteiger partial charge in [0.1, 0.15) is 17.0 Å². The minimum Gasteiger partial charge on any atom is -0.372 e. The molecular weight excluding hydrogens is 311 g/mol. The largest absolute Gasteiger partial charge is 0.372 e. The number of rotatable bonds is 4. The first-order chi connectivity index (χ1) is 11.4. The van der Waals surface area contributed by atoms with E-state index in [0.717, 1.165) is 0 Å². The highest BCUT2D eigenvalue weighted by Crippen LogP contribution is 2.27. The minimum absolute atomic E-state index is 0.297. The Balaban J connectivity index is 2.00. The molecule has 0 radical (unpaired) electrons. The third kappa shape index (κ3) is 2.52. The lowest BCUT2D eigenvalue weighted by molar-refractivity contribution is 0.416. The fourth-order valence-corrected chi connectivity index (χ4v) is 2.27. The van der Waals surface area contributed by atoms with Crippen molar-refractivity contribution in [2.45, 2.75) is 26.3 Å². The Labute approximate surface area is 137 Å². The summed E-state index contributed by atoms with van der Waals surface area (Å²) in [6.45, 7) is 5.36. The van der Waals surface area contributed by atoms with E-state index >= 15 is 0 Å². The highest BCUT2D eigenvalue weighted by molar-refractivity contribution is 5.89. The van der Waals surface area contributed by atoms with Gasteiger partial charge >= 0.3 is 0 Å². The van der Waals surface area contributed by atoms with Gasteiger partial charge in [-0.3, -0.25) is 4.68 Å². The number of H-pyrrole nitrogens is 1. The van der Waals surface area contributed by atoms with Crippen molar-refractivity contribution < 1.29 is 4.39 Å². The molecule has 0 amide bonds. The Morgan fingerprint density at radius 1 is 1.38 bits per heavy atom. The molecule has 0 unspecified atom stereocenters. The summed E-state index contributed by atoms with van der Waals surface area (Å²) in [7, 11) is 1.66. The van der Waals surface area contributed by atoms with Crippen LogP contribution < -0.4 is 10.6 Å². The van der Waals surface area contributed by atoms with Gasteiger partial charge in [0, 0.05) is 13.2 Å². The van der Waals surface area contributed by atoms with Gasteiger partial charge in [-0.05, 0) is 20.8 Å². The number of aromatic amines is 1. The van der Waals surface area contributed by atoms with Crippen molar-refractivity contribution in [2.24, 2.45) is 0 Å². The van der Waals surface area contributed by atoms with Gasteiger partial charge in [-0.15, -0.1) is 0 Å². The Morgan fingerprint density at radius 2 is 2.12 bits per heavy atom. The van der Waals surface area contributed by atoms with Crippen molar-refractivity contribution in [1.82, 2.24) is 24.7 Å². The predicted octanol–water partition coefficient (Wildman–Crippen LogP) is 2.65. The van der Waals surface area contributed by atoms with E-state index in [1.807, 2.05) is 6.92 Å². The molecule has 0 saturated carbocycles.